The third-order valence-corrected chi connectivity index (χ3v) is 3.39. The van der Waals surface area contributed by atoms with E-state index >= 15 is 0 Å². The number of hydrogen-bond donors (Lipinski definition) is 2. The fraction of sp³-hybridized carbons (Fsp3) is 0.438. The first-order chi connectivity index (χ1) is 9.80. The number of anilines is 1. The van der Waals surface area contributed by atoms with E-state index in [4.69, 9.17) is 0 Å². The maximum atomic E-state index is 9.38. The van der Waals surface area contributed by atoms with E-state index < -0.39 is 0 Å². The Labute approximate surface area is 119 Å². The Bertz CT molecular complexity index is 557. The van der Waals surface area contributed by atoms with Crippen LogP contribution < -0.4 is 4.90 Å². The van der Waals surface area contributed by atoms with Gasteiger partial charge in [0.1, 0.15) is 5.82 Å². The first kappa shape index (κ1) is 14.8. The van der Waals surface area contributed by atoms with Crippen molar-refractivity contribution >= 4 is 16.6 Å². The first-order valence-electron chi connectivity index (χ1n) is 7.15. The molecule has 0 amide bonds. The van der Waals surface area contributed by atoms with E-state index in [0.717, 1.165) is 36.0 Å². The molecule has 0 saturated carbocycles. The third-order valence-electron chi connectivity index (χ3n) is 3.39. The van der Waals surface area contributed by atoms with E-state index in [2.05, 4.69) is 16.8 Å². The number of benzene rings is 1. The summed E-state index contributed by atoms with van der Waals surface area (Å²) in [7, 11) is 0. The number of aliphatic hydroxyl groups excluding tert-OH is 2. The Morgan fingerprint density at radius 1 is 1.15 bits per heavy atom. The third kappa shape index (κ3) is 3.26. The Kier molecular flexibility index (Phi) is 5.32. The van der Waals surface area contributed by atoms with Crippen LogP contribution in [0.15, 0.2) is 30.3 Å². The molecule has 4 nitrogen and oxygen atoms in total. The van der Waals surface area contributed by atoms with E-state index in [1.165, 1.54) is 0 Å². The smallest absolute Gasteiger partial charge is 0.136 e. The van der Waals surface area contributed by atoms with Crippen LogP contribution >= 0.6 is 0 Å². The molecular weight excluding hydrogens is 252 g/mol. The lowest BCUT2D eigenvalue weighted by molar-refractivity contribution is 0.277. The van der Waals surface area contributed by atoms with Crippen molar-refractivity contribution in [3.63, 3.8) is 0 Å². The minimum absolute atomic E-state index is 0.0709. The highest BCUT2D eigenvalue weighted by molar-refractivity contribution is 5.92. The molecule has 1 aromatic carbocycles. The van der Waals surface area contributed by atoms with Gasteiger partial charge in [-0.25, -0.2) is 4.98 Å². The SMILES string of the molecule is CCCCN(CCO)c1nc(CO)cc2ccccc12. The summed E-state index contributed by atoms with van der Waals surface area (Å²) in [5.41, 5.74) is 0.665. The lowest BCUT2D eigenvalue weighted by Crippen LogP contribution is -2.29. The van der Waals surface area contributed by atoms with E-state index in [1.807, 2.05) is 30.3 Å². The molecule has 2 aromatic rings. The summed E-state index contributed by atoms with van der Waals surface area (Å²) in [4.78, 5) is 6.66. The Morgan fingerprint density at radius 2 is 1.95 bits per heavy atom. The van der Waals surface area contributed by atoms with Crippen LogP contribution in [-0.4, -0.2) is 34.9 Å². The molecule has 0 radical (unpaired) electrons. The molecule has 0 aliphatic carbocycles. The quantitative estimate of drug-likeness (QED) is 0.813. The summed E-state index contributed by atoms with van der Waals surface area (Å²) in [6, 6.07) is 9.94. The van der Waals surface area contributed by atoms with E-state index in [9.17, 15) is 10.2 Å². The van der Waals surface area contributed by atoms with Crippen molar-refractivity contribution in [3.8, 4) is 0 Å². The second-order valence-electron chi connectivity index (χ2n) is 4.88. The fourth-order valence-corrected chi connectivity index (χ4v) is 2.35. The van der Waals surface area contributed by atoms with Crippen LogP contribution in [-0.2, 0) is 6.61 Å². The second-order valence-corrected chi connectivity index (χ2v) is 4.88. The van der Waals surface area contributed by atoms with Crippen LogP contribution in [0, 0.1) is 0 Å². The number of nitrogens with zero attached hydrogens (tertiary/aromatic N) is 2. The Hall–Kier alpha value is -1.65. The molecular formula is C16H22N2O2. The van der Waals surface area contributed by atoms with Crippen molar-refractivity contribution in [2.45, 2.75) is 26.4 Å². The number of pyridine rings is 1. The van der Waals surface area contributed by atoms with Gasteiger partial charge in [0.25, 0.3) is 0 Å². The molecule has 108 valence electrons. The molecule has 0 bridgehead atoms. The molecule has 0 atom stereocenters. The van der Waals surface area contributed by atoms with Crippen molar-refractivity contribution in [2.75, 3.05) is 24.6 Å². The first-order valence-corrected chi connectivity index (χ1v) is 7.15. The van der Waals surface area contributed by atoms with E-state index in [1.54, 1.807) is 0 Å². The number of aliphatic hydroxyl groups is 2. The number of fused-ring (bicyclic) bond motifs is 1. The van der Waals surface area contributed by atoms with Crippen LogP contribution in [0.4, 0.5) is 5.82 Å². The van der Waals surface area contributed by atoms with Gasteiger partial charge < -0.3 is 15.1 Å². The highest BCUT2D eigenvalue weighted by atomic mass is 16.3. The zero-order valence-corrected chi connectivity index (χ0v) is 11.9. The van der Waals surface area contributed by atoms with E-state index in [0.29, 0.717) is 12.2 Å². The molecule has 0 spiro atoms. The molecule has 1 heterocycles. The molecule has 0 unspecified atom stereocenters. The number of aromatic nitrogens is 1. The summed E-state index contributed by atoms with van der Waals surface area (Å²) in [5, 5.41) is 20.8. The lowest BCUT2D eigenvalue weighted by atomic mass is 10.1. The monoisotopic (exact) mass is 274 g/mol. The van der Waals surface area contributed by atoms with Gasteiger partial charge in [0, 0.05) is 18.5 Å². The summed E-state index contributed by atoms with van der Waals surface area (Å²) in [6.07, 6.45) is 2.15. The fourth-order valence-electron chi connectivity index (χ4n) is 2.35. The van der Waals surface area contributed by atoms with Gasteiger partial charge in [0.15, 0.2) is 0 Å². The van der Waals surface area contributed by atoms with Crippen LogP contribution in [0.2, 0.25) is 0 Å². The Morgan fingerprint density at radius 3 is 2.65 bits per heavy atom. The highest BCUT2D eigenvalue weighted by Crippen LogP contribution is 2.26. The molecule has 0 saturated heterocycles. The Balaban J connectivity index is 2.47. The van der Waals surface area contributed by atoms with Gasteiger partial charge in [-0.1, -0.05) is 37.6 Å². The van der Waals surface area contributed by atoms with Crippen LogP contribution in [0.3, 0.4) is 0 Å². The average molecular weight is 274 g/mol. The predicted molar refractivity (Wildman–Crippen MR) is 81.9 cm³/mol. The molecule has 2 N–H and O–H groups in total. The van der Waals surface area contributed by atoms with Gasteiger partial charge in [0.2, 0.25) is 0 Å². The van der Waals surface area contributed by atoms with Crippen LogP contribution in [0.25, 0.3) is 10.8 Å². The van der Waals surface area contributed by atoms with Crippen molar-refractivity contribution < 1.29 is 10.2 Å². The van der Waals surface area contributed by atoms with Gasteiger partial charge >= 0.3 is 0 Å². The van der Waals surface area contributed by atoms with Crippen molar-refractivity contribution in [1.29, 1.82) is 0 Å². The van der Waals surface area contributed by atoms with Gasteiger partial charge in [0.05, 0.1) is 18.9 Å². The minimum atomic E-state index is -0.0709. The topological polar surface area (TPSA) is 56.6 Å². The zero-order valence-electron chi connectivity index (χ0n) is 11.9. The van der Waals surface area contributed by atoms with Crippen molar-refractivity contribution in [1.82, 2.24) is 4.98 Å². The molecule has 2 rings (SSSR count). The van der Waals surface area contributed by atoms with Gasteiger partial charge in [-0.2, -0.15) is 0 Å². The number of hydrogen-bond acceptors (Lipinski definition) is 4. The zero-order chi connectivity index (χ0) is 14.4. The molecule has 4 heteroatoms. The van der Waals surface area contributed by atoms with Crippen molar-refractivity contribution in [3.05, 3.63) is 36.0 Å². The summed E-state index contributed by atoms with van der Waals surface area (Å²) >= 11 is 0. The van der Waals surface area contributed by atoms with Crippen LogP contribution in [0.5, 0.6) is 0 Å². The minimum Gasteiger partial charge on any atom is -0.395 e. The standard InChI is InChI=1S/C16H22N2O2/c1-2-3-8-18(9-10-19)16-15-7-5-4-6-13(15)11-14(12-20)17-16/h4-7,11,19-20H,2-3,8-10,12H2,1H3. The normalized spacial score (nSPS) is 10.9. The van der Waals surface area contributed by atoms with Gasteiger partial charge in [-0.05, 0) is 17.9 Å². The largest absolute Gasteiger partial charge is 0.395 e. The second kappa shape index (κ2) is 7.22. The van der Waals surface area contributed by atoms with Gasteiger partial charge in [-0.3, -0.25) is 0 Å². The summed E-state index contributed by atoms with van der Waals surface area (Å²) in [6.45, 7) is 3.60. The van der Waals surface area contributed by atoms with E-state index in [-0.39, 0.29) is 13.2 Å². The molecule has 0 aliphatic heterocycles. The lowest BCUT2D eigenvalue weighted by Gasteiger charge is -2.24. The molecule has 20 heavy (non-hydrogen) atoms. The summed E-state index contributed by atoms with van der Waals surface area (Å²) < 4.78 is 0. The molecule has 1 aromatic heterocycles. The molecule has 0 fully saturated rings. The average Bonchev–Trinajstić information content (AvgIpc) is 2.50. The number of rotatable bonds is 7. The van der Waals surface area contributed by atoms with Crippen molar-refractivity contribution in [2.24, 2.45) is 0 Å². The molecule has 0 aliphatic rings. The van der Waals surface area contributed by atoms with Gasteiger partial charge in [-0.15, -0.1) is 0 Å². The summed E-state index contributed by atoms with van der Waals surface area (Å²) in [5.74, 6) is 0.856. The van der Waals surface area contributed by atoms with Crippen LogP contribution in [0.1, 0.15) is 25.5 Å². The highest BCUT2D eigenvalue weighted by Gasteiger charge is 2.12. The predicted octanol–water partition coefficient (Wildman–Crippen LogP) is 2.33. The number of unbranched alkanes of at least 4 members (excludes halogenated alkanes) is 1. The maximum Gasteiger partial charge on any atom is 0.136 e. The maximum absolute atomic E-state index is 9.38.